The van der Waals surface area contributed by atoms with Gasteiger partial charge in [-0.1, -0.05) is 101 Å². The Morgan fingerprint density at radius 1 is 0.893 bits per heavy atom. The molecule has 0 aliphatic heterocycles. The van der Waals surface area contributed by atoms with Crippen LogP contribution in [-0.2, 0) is 0 Å². The molecule has 0 aliphatic carbocycles. The molecule has 0 amide bonds. The van der Waals surface area contributed by atoms with E-state index < -0.39 is 10.6 Å². The highest BCUT2D eigenvalue weighted by Crippen LogP contribution is 2.37. The van der Waals surface area contributed by atoms with Gasteiger partial charge in [-0.05, 0) is 23.6 Å². The van der Waals surface area contributed by atoms with E-state index in [4.69, 9.17) is 34.8 Å². The molecule has 0 fully saturated rings. The Morgan fingerprint density at radius 2 is 1.54 bits per heavy atom. The standard InChI is InChI=1S/C20H13Cl3N2O2S/c21-17(19(22)23)18(25(26)27)20(28-14-9-2-1-3-10-14)24-16-12-6-8-13-7-4-5-11-15(13)16/h1-12,24H/b20-18-. The van der Waals surface area contributed by atoms with E-state index in [0.29, 0.717) is 5.69 Å². The van der Waals surface area contributed by atoms with E-state index in [0.717, 1.165) is 15.7 Å². The van der Waals surface area contributed by atoms with Crippen molar-refractivity contribution in [3.8, 4) is 0 Å². The van der Waals surface area contributed by atoms with Crippen molar-refractivity contribution < 1.29 is 4.92 Å². The molecule has 3 aromatic rings. The molecule has 0 spiro atoms. The minimum absolute atomic E-state index is 0.205. The van der Waals surface area contributed by atoms with Crippen molar-refractivity contribution in [2.45, 2.75) is 4.90 Å². The van der Waals surface area contributed by atoms with Crippen LogP contribution >= 0.6 is 46.6 Å². The number of nitro groups is 1. The number of rotatable bonds is 6. The van der Waals surface area contributed by atoms with Crippen LogP contribution < -0.4 is 5.32 Å². The summed E-state index contributed by atoms with van der Waals surface area (Å²) in [6, 6.07) is 22.6. The molecule has 142 valence electrons. The van der Waals surface area contributed by atoms with Gasteiger partial charge in [0.15, 0.2) is 10.1 Å². The van der Waals surface area contributed by atoms with Crippen LogP contribution in [0.1, 0.15) is 0 Å². The van der Waals surface area contributed by atoms with Gasteiger partial charge in [0.05, 0.1) is 4.92 Å². The lowest BCUT2D eigenvalue weighted by molar-refractivity contribution is -0.420. The molecule has 0 heterocycles. The molecule has 0 aliphatic rings. The Hall–Kier alpha value is -2.18. The number of halogens is 3. The van der Waals surface area contributed by atoms with Gasteiger partial charge in [0.1, 0.15) is 4.49 Å². The fraction of sp³-hybridized carbons (Fsp3) is 0. The van der Waals surface area contributed by atoms with Crippen LogP contribution in [0.3, 0.4) is 0 Å². The molecule has 0 saturated heterocycles. The topological polar surface area (TPSA) is 55.2 Å². The minimum atomic E-state index is -0.601. The minimum Gasteiger partial charge on any atom is -0.344 e. The molecular weight excluding hydrogens is 439 g/mol. The summed E-state index contributed by atoms with van der Waals surface area (Å²) in [5.41, 5.74) is 0.300. The molecule has 0 aromatic heterocycles. The van der Waals surface area contributed by atoms with Crippen LogP contribution in [0.4, 0.5) is 5.69 Å². The summed E-state index contributed by atoms with van der Waals surface area (Å²) >= 11 is 18.7. The molecule has 0 unspecified atom stereocenters. The van der Waals surface area contributed by atoms with Gasteiger partial charge in [-0.15, -0.1) is 0 Å². The zero-order chi connectivity index (χ0) is 20.1. The second-order valence-electron chi connectivity index (χ2n) is 5.58. The second-order valence-corrected chi connectivity index (χ2v) is 7.99. The van der Waals surface area contributed by atoms with Crippen LogP contribution in [0.5, 0.6) is 0 Å². The maximum absolute atomic E-state index is 11.8. The van der Waals surface area contributed by atoms with Crippen molar-refractivity contribution in [3.63, 3.8) is 0 Å². The number of allylic oxidation sites excluding steroid dienone is 1. The van der Waals surface area contributed by atoms with Gasteiger partial charge in [-0.25, -0.2) is 0 Å². The van der Waals surface area contributed by atoms with E-state index in [1.54, 1.807) is 0 Å². The molecule has 1 N–H and O–H groups in total. The lowest BCUT2D eigenvalue weighted by Gasteiger charge is -2.14. The van der Waals surface area contributed by atoms with E-state index in [9.17, 15) is 10.1 Å². The molecule has 0 bridgehead atoms. The molecule has 3 rings (SSSR count). The summed E-state index contributed by atoms with van der Waals surface area (Å²) in [5.74, 6) is 0. The largest absolute Gasteiger partial charge is 0.344 e. The average Bonchev–Trinajstić information content (AvgIpc) is 2.68. The first-order chi connectivity index (χ1) is 13.5. The fourth-order valence-corrected chi connectivity index (χ4v) is 3.91. The zero-order valence-corrected chi connectivity index (χ0v) is 17.3. The van der Waals surface area contributed by atoms with Crippen molar-refractivity contribution in [2.75, 3.05) is 5.32 Å². The number of hydrogen-bond acceptors (Lipinski definition) is 4. The van der Waals surface area contributed by atoms with E-state index in [1.807, 2.05) is 72.8 Å². The first kappa shape index (κ1) is 20.6. The zero-order valence-electron chi connectivity index (χ0n) is 14.2. The van der Waals surface area contributed by atoms with Gasteiger partial charge < -0.3 is 5.32 Å². The van der Waals surface area contributed by atoms with E-state index in [-0.39, 0.29) is 14.6 Å². The SMILES string of the molecule is O=[N+]([O-])/C(C(Cl)=C(Cl)Cl)=C(/Nc1cccc2ccccc12)Sc1ccccc1. The highest BCUT2D eigenvalue weighted by atomic mass is 35.5. The number of anilines is 1. The summed E-state index contributed by atoms with van der Waals surface area (Å²) < 4.78 is -0.376. The maximum atomic E-state index is 11.8. The van der Waals surface area contributed by atoms with Gasteiger partial charge >= 0.3 is 5.70 Å². The van der Waals surface area contributed by atoms with Crippen molar-refractivity contribution in [1.29, 1.82) is 0 Å². The van der Waals surface area contributed by atoms with Crippen LogP contribution in [0, 0.1) is 10.1 Å². The van der Waals surface area contributed by atoms with E-state index in [1.165, 1.54) is 11.8 Å². The summed E-state index contributed by atoms with van der Waals surface area (Å²) in [7, 11) is 0. The molecule has 8 heteroatoms. The smallest absolute Gasteiger partial charge is 0.320 e. The van der Waals surface area contributed by atoms with Gasteiger partial charge in [0, 0.05) is 16.0 Å². The van der Waals surface area contributed by atoms with E-state index >= 15 is 0 Å². The molecule has 4 nitrogen and oxygen atoms in total. The lowest BCUT2D eigenvalue weighted by Crippen LogP contribution is -2.09. The first-order valence-electron chi connectivity index (χ1n) is 8.05. The maximum Gasteiger partial charge on any atom is 0.320 e. The Labute approximate surface area is 180 Å². The van der Waals surface area contributed by atoms with Crippen LogP contribution in [0.15, 0.2) is 97.9 Å². The number of thioether (sulfide) groups is 1. The van der Waals surface area contributed by atoms with Crippen molar-refractivity contribution in [2.24, 2.45) is 0 Å². The Bertz CT molecular complexity index is 1080. The summed E-state index contributed by atoms with van der Waals surface area (Å²) in [4.78, 5) is 12.0. The first-order valence-corrected chi connectivity index (χ1v) is 10.00. The van der Waals surface area contributed by atoms with Crippen LogP contribution in [0.25, 0.3) is 10.8 Å². The molecular formula is C20H13Cl3N2O2S. The van der Waals surface area contributed by atoms with Gasteiger partial charge in [-0.2, -0.15) is 0 Å². The Balaban J connectivity index is 2.16. The normalized spacial score (nSPS) is 11.7. The molecule has 28 heavy (non-hydrogen) atoms. The summed E-state index contributed by atoms with van der Waals surface area (Å²) in [6.45, 7) is 0. The molecule has 0 atom stereocenters. The van der Waals surface area contributed by atoms with Gasteiger partial charge in [0.2, 0.25) is 0 Å². The van der Waals surface area contributed by atoms with E-state index in [2.05, 4.69) is 5.32 Å². The predicted octanol–water partition coefficient (Wildman–Crippen LogP) is 7.38. The highest BCUT2D eigenvalue weighted by molar-refractivity contribution is 8.03. The number of nitrogens with zero attached hydrogens (tertiary/aromatic N) is 1. The van der Waals surface area contributed by atoms with Crippen molar-refractivity contribution in [3.05, 3.63) is 103 Å². The third-order valence-corrected chi connectivity index (χ3v) is 5.72. The van der Waals surface area contributed by atoms with Gasteiger partial charge in [-0.3, -0.25) is 10.1 Å². The number of nitrogens with one attached hydrogen (secondary N) is 1. The molecule has 0 radical (unpaired) electrons. The number of fused-ring (bicyclic) bond motifs is 1. The number of hydrogen-bond donors (Lipinski definition) is 1. The second kappa shape index (κ2) is 9.34. The van der Waals surface area contributed by atoms with Crippen LogP contribution in [0.2, 0.25) is 0 Å². The quantitative estimate of drug-likeness (QED) is 0.184. The highest BCUT2D eigenvalue weighted by Gasteiger charge is 2.26. The molecule has 0 saturated carbocycles. The average molecular weight is 452 g/mol. The lowest BCUT2D eigenvalue weighted by atomic mass is 10.1. The third kappa shape index (κ3) is 4.80. The Kier molecular flexibility index (Phi) is 6.86. The third-order valence-electron chi connectivity index (χ3n) is 3.77. The number of benzene rings is 3. The predicted molar refractivity (Wildman–Crippen MR) is 118 cm³/mol. The summed E-state index contributed by atoms with van der Waals surface area (Å²) in [6.07, 6.45) is 0. The van der Waals surface area contributed by atoms with Gasteiger partial charge in [0.25, 0.3) is 0 Å². The molecule has 3 aromatic carbocycles. The monoisotopic (exact) mass is 450 g/mol. The van der Waals surface area contributed by atoms with Crippen molar-refractivity contribution >= 4 is 63.0 Å². The van der Waals surface area contributed by atoms with Crippen molar-refractivity contribution in [1.82, 2.24) is 0 Å². The Morgan fingerprint density at radius 3 is 2.21 bits per heavy atom. The summed E-state index contributed by atoms with van der Waals surface area (Å²) in [5, 5.41) is 16.7. The fourth-order valence-electron chi connectivity index (χ4n) is 2.55. The van der Waals surface area contributed by atoms with Crippen LogP contribution in [-0.4, -0.2) is 4.92 Å².